The van der Waals surface area contributed by atoms with Gasteiger partial charge in [0.15, 0.2) is 0 Å². The van der Waals surface area contributed by atoms with Gasteiger partial charge in [-0.05, 0) is 0 Å². The Morgan fingerprint density at radius 3 is 2.19 bits per heavy atom. The average molecular weight is 527 g/mol. The van der Waals surface area contributed by atoms with Gasteiger partial charge in [-0.25, -0.2) is 0 Å². The van der Waals surface area contributed by atoms with E-state index in [4.69, 9.17) is 14.2 Å². The fraction of sp³-hybridized carbons (Fsp3) is 0.684. The van der Waals surface area contributed by atoms with Crippen molar-refractivity contribution in [3.8, 4) is 0 Å². The summed E-state index contributed by atoms with van der Waals surface area (Å²) in [6.45, 7) is 6.42. The van der Waals surface area contributed by atoms with Crippen LogP contribution in [0.15, 0.2) is 24.3 Å². The van der Waals surface area contributed by atoms with Gasteiger partial charge in [0, 0.05) is 0 Å². The number of nitro benzene ring substituents is 1. The Labute approximate surface area is 190 Å². The van der Waals surface area contributed by atoms with Gasteiger partial charge in [0.2, 0.25) is 0 Å². The van der Waals surface area contributed by atoms with E-state index in [0.717, 1.165) is 0 Å². The Morgan fingerprint density at radius 1 is 1.19 bits per heavy atom. The van der Waals surface area contributed by atoms with Crippen LogP contribution in [0.5, 0.6) is 0 Å². The fourth-order valence-corrected chi connectivity index (χ4v) is 5.75. The maximum absolute atomic E-state index is 12.5. The number of para-hydroxylation sites is 1. The van der Waals surface area contributed by atoms with Crippen molar-refractivity contribution in [2.75, 3.05) is 13.9 Å². The minimum atomic E-state index is -4.79. The molecule has 1 aromatic carbocycles. The summed E-state index contributed by atoms with van der Waals surface area (Å²) < 4.78 is 29.0. The van der Waals surface area contributed by atoms with E-state index < -0.39 is 46.9 Å². The number of aliphatic hydroxyl groups excluding tert-OH is 1. The molecule has 3 atom stereocenters. The van der Waals surface area contributed by atoms with Crippen LogP contribution in [-0.2, 0) is 18.8 Å². The Morgan fingerprint density at radius 2 is 1.74 bits per heavy atom. The molecule has 1 rings (SSSR count). The number of hydrogen-bond donors (Lipinski definition) is 3. The van der Waals surface area contributed by atoms with Crippen LogP contribution in [0.1, 0.15) is 45.8 Å². The number of methoxy groups -OCH3 is 1. The zero-order valence-electron chi connectivity index (χ0n) is 18.2. The van der Waals surface area contributed by atoms with E-state index in [1.807, 2.05) is 0 Å². The molecule has 0 spiro atoms. The molecular formula is C19H31NO9PSe. The van der Waals surface area contributed by atoms with Gasteiger partial charge in [0.25, 0.3) is 0 Å². The molecule has 3 N–H and O–H groups in total. The molecule has 0 amide bonds. The molecule has 0 aliphatic heterocycles. The van der Waals surface area contributed by atoms with Gasteiger partial charge < -0.3 is 0 Å². The molecule has 0 fully saturated rings. The van der Waals surface area contributed by atoms with Crippen LogP contribution in [0.25, 0.3) is 0 Å². The molecule has 1 aromatic rings. The Bertz CT molecular complexity index is 763. The molecule has 0 heterocycles. The van der Waals surface area contributed by atoms with Gasteiger partial charge in [-0.1, -0.05) is 0 Å². The van der Waals surface area contributed by atoms with Crippen LogP contribution in [0.3, 0.4) is 0 Å². The molecule has 0 saturated carbocycles. The second kappa shape index (κ2) is 11.8. The number of rotatable bonds is 13. The summed E-state index contributed by atoms with van der Waals surface area (Å²) in [4.78, 5) is 31.1. The van der Waals surface area contributed by atoms with E-state index in [9.17, 15) is 29.6 Å². The topological polar surface area (TPSA) is 149 Å². The number of ether oxygens (including phenoxy) is 3. The summed E-state index contributed by atoms with van der Waals surface area (Å²) in [6, 6.07) is 5.73. The third-order valence-electron chi connectivity index (χ3n) is 5.05. The van der Waals surface area contributed by atoms with Crippen molar-refractivity contribution < 1.29 is 38.6 Å². The molecule has 177 valence electrons. The van der Waals surface area contributed by atoms with Gasteiger partial charge in [-0.2, -0.15) is 0 Å². The van der Waals surface area contributed by atoms with Crippen molar-refractivity contribution in [3.63, 3.8) is 0 Å². The molecule has 10 nitrogen and oxygen atoms in total. The van der Waals surface area contributed by atoms with E-state index in [-0.39, 0.29) is 24.5 Å². The first kappa shape index (κ1) is 28.2. The predicted molar refractivity (Wildman–Crippen MR) is 115 cm³/mol. The Hall–Kier alpha value is -0.871. The van der Waals surface area contributed by atoms with Crippen LogP contribution >= 0.6 is 7.60 Å². The molecule has 1 radical (unpaired) electrons. The summed E-state index contributed by atoms with van der Waals surface area (Å²) in [5.74, 6) is -1.18. The van der Waals surface area contributed by atoms with Crippen LogP contribution in [-0.4, -0.2) is 66.2 Å². The van der Waals surface area contributed by atoms with E-state index in [2.05, 4.69) is 16.0 Å². The van der Waals surface area contributed by atoms with E-state index in [1.165, 1.54) is 25.3 Å². The van der Waals surface area contributed by atoms with Crippen LogP contribution < -0.4 is 0 Å². The van der Waals surface area contributed by atoms with Crippen LogP contribution in [0.4, 0.5) is 5.69 Å². The predicted octanol–water partition coefficient (Wildman–Crippen LogP) is 2.70. The molecule has 12 heteroatoms. The number of aliphatic hydroxyl groups is 1. The van der Waals surface area contributed by atoms with Crippen molar-refractivity contribution in [1.82, 2.24) is 0 Å². The van der Waals surface area contributed by atoms with Crippen LogP contribution in [0.2, 0.25) is 0 Å². The van der Waals surface area contributed by atoms with Gasteiger partial charge in [0.05, 0.1) is 0 Å². The first-order valence-corrected chi connectivity index (χ1v) is 12.3. The van der Waals surface area contributed by atoms with Gasteiger partial charge in [-0.15, -0.1) is 0 Å². The summed E-state index contributed by atoms with van der Waals surface area (Å²) in [6.07, 6.45) is -2.61. The third-order valence-corrected chi connectivity index (χ3v) is 8.02. The minimum absolute atomic E-state index is 0.0657. The molecule has 2 unspecified atom stereocenters. The second-order valence-electron chi connectivity index (χ2n) is 7.77. The number of benzene rings is 1. The van der Waals surface area contributed by atoms with Crippen molar-refractivity contribution in [3.05, 3.63) is 39.9 Å². The normalized spacial score (nSPS) is 15.8. The SMILES string of the molecule is COCO[C@@H]([Se])C(CC(O)c1ccccc1[N+](=O)[O-])OC(C(C)C)(C(C)C)P(=O)(O)O. The number of hydrogen-bond acceptors (Lipinski definition) is 7. The zero-order valence-corrected chi connectivity index (χ0v) is 20.8. The van der Waals surface area contributed by atoms with Crippen LogP contribution in [0, 0.1) is 22.0 Å². The third kappa shape index (κ3) is 6.81. The van der Waals surface area contributed by atoms with E-state index >= 15 is 0 Å². The Balaban J connectivity index is 3.38. The van der Waals surface area contributed by atoms with Gasteiger partial charge in [-0.3, -0.25) is 0 Å². The van der Waals surface area contributed by atoms with Gasteiger partial charge >= 0.3 is 190 Å². The molecule has 0 saturated heterocycles. The fourth-order valence-electron chi connectivity index (χ4n) is 3.66. The maximum atomic E-state index is 12.5. The summed E-state index contributed by atoms with van der Waals surface area (Å²) in [5, 5.41) is 19.4. The molecule has 0 aliphatic rings. The van der Waals surface area contributed by atoms with Gasteiger partial charge in [0.1, 0.15) is 0 Å². The summed E-state index contributed by atoms with van der Waals surface area (Å²) in [5.41, 5.74) is -0.201. The quantitative estimate of drug-likeness (QED) is 0.116. The molecule has 0 aromatic heterocycles. The molecule has 0 aliphatic carbocycles. The molecule has 31 heavy (non-hydrogen) atoms. The number of nitrogens with zero attached hydrogens (tertiary/aromatic N) is 1. The average Bonchev–Trinajstić information content (AvgIpc) is 2.67. The first-order chi connectivity index (χ1) is 14.3. The second-order valence-corrected chi connectivity index (χ2v) is 10.5. The van der Waals surface area contributed by atoms with E-state index in [1.54, 1.807) is 33.8 Å². The Kier molecular flexibility index (Phi) is 10.8. The first-order valence-electron chi connectivity index (χ1n) is 9.70. The standard InChI is InChI=1S/C19H31NO9PSe/c1-12(2)19(13(3)4,30(24,25)26)29-17(18(31)28-11-27-5)10-16(21)14-8-6-7-9-15(14)20(22)23/h6-9,12-13,16-18,21H,10-11H2,1-5H3,(H2,24,25,26)/t16?,17?,18-/m0/s1. The number of nitro groups is 1. The van der Waals surface area contributed by atoms with Crippen molar-refractivity contribution >= 4 is 29.3 Å². The monoisotopic (exact) mass is 528 g/mol. The van der Waals surface area contributed by atoms with Crippen molar-refractivity contribution in [2.45, 2.75) is 56.7 Å². The molecular weight excluding hydrogens is 496 g/mol. The zero-order chi connectivity index (χ0) is 24.0. The summed E-state index contributed by atoms with van der Waals surface area (Å²) >= 11 is 2.73. The van der Waals surface area contributed by atoms with Crippen molar-refractivity contribution in [2.24, 2.45) is 11.8 Å². The van der Waals surface area contributed by atoms with Crippen molar-refractivity contribution in [1.29, 1.82) is 0 Å². The summed E-state index contributed by atoms with van der Waals surface area (Å²) in [7, 11) is -3.38. The molecule has 0 bridgehead atoms. The van der Waals surface area contributed by atoms with E-state index in [0.29, 0.717) is 0 Å².